The Morgan fingerprint density at radius 2 is 1.83 bits per heavy atom. The standard InChI is InChI=1S/C18H16O6/c19-5-1-2-10-6-12-13(9-20)17(24-18(12)16(23)7-10)11-3-4-14(21)15(22)8-11/h1-8,13,17,20-23H,9H2/b2-1+. The van der Waals surface area contributed by atoms with Crippen molar-refractivity contribution in [1.82, 2.24) is 0 Å². The summed E-state index contributed by atoms with van der Waals surface area (Å²) in [7, 11) is 0. The number of hydrogen-bond acceptors (Lipinski definition) is 6. The van der Waals surface area contributed by atoms with Crippen molar-refractivity contribution in [2.24, 2.45) is 0 Å². The summed E-state index contributed by atoms with van der Waals surface area (Å²) in [6.45, 7) is -0.237. The van der Waals surface area contributed by atoms with Crippen LogP contribution in [0.3, 0.4) is 0 Å². The average molecular weight is 328 g/mol. The fraction of sp³-hybridized carbons (Fsp3) is 0.167. The Kier molecular flexibility index (Phi) is 4.14. The number of phenolic OH excluding ortho intramolecular Hbond substituents is 3. The molecular formula is C18H16O6. The van der Waals surface area contributed by atoms with E-state index in [2.05, 4.69) is 0 Å². The maximum atomic E-state index is 10.5. The van der Waals surface area contributed by atoms with Gasteiger partial charge in [0.25, 0.3) is 0 Å². The van der Waals surface area contributed by atoms with Gasteiger partial charge in [-0.2, -0.15) is 0 Å². The molecule has 2 aromatic carbocycles. The Balaban J connectivity index is 2.03. The number of hydrogen-bond donors (Lipinski definition) is 4. The van der Waals surface area contributed by atoms with Gasteiger partial charge in [-0.15, -0.1) is 0 Å². The third kappa shape index (κ3) is 2.68. The fourth-order valence-corrected chi connectivity index (χ4v) is 2.89. The number of allylic oxidation sites excluding steroid dienone is 1. The number of carbonyl (C=O) groups is 1. The van der Waals surface area contributed by atoms with Gasteiger partial charge in [-0.25, -0.2) is 0 Å². The van der Waals surface area contributed by atoms with Crippen molar-refractivity contribution in [3.63, 3.8) is 0 Å². The number of carbonyl (C=O) groups excluding carboxylic acids is 1. The molecule has 4 N–H and O–H groups in total. The van der Waals surface area contributed by atoms with Crippen LogP contribution in [0.4, 0.5) is 0 Å². The van der Waals surface area contributed by atoms with Crippen LogP contribution in [0.2, 0.25) is 0 Å². The Morgan fingerprint density at radius 3 is 2.50 bits per heavy atom. The summed E-state index contributed by atoms with van der Waals surface area (Å²) in [5.74, 6) is -0.835. The number of aliphatic hydroxyl groups excluding tert-OH is 1. The van der Waals surface area contributed by atoms with Crippen LogP contribution in [0.1, 0.15) is 28.7 Å². The van der Waals surface area contributed by atoms with Crippen LogP contribution in [-0.2, 0) is 4.79 Å². The first-order valence-electron chi connectivity index (χ1n) is 7.33. The summed E-state index contributed by atoms with van der Waals surface area (Å²) in [4.78, 5) is 10.5. The number of aliphatic hydroxyl groups is 1. The largest absolute Gasteiger partial charge is 0.504 e. The first kappa shape index (κ1) is 15.9. The molecule has 0 radical (unpaired) electrons. The first-order chi connectivity index (χ1) is 11.5. The van der Waals surface area contributed by atoms with Crippen LogP contribution in [0.25, 0.3) is 6.08 Å². The summed E-state index contributed by atoms with van der Waals surface area (Å²) in [5.41, 5.74) is 1.78. The summed E-state index contributed by atoms with van der Waals surface area (Å²) < 4.78 is 5.79. The van der Waals surface area contributed by atoms with Gasteiger partial charge < -0.3 is 25.2 Å². The number of benzene rings is 2. The SMILES string of the molecule is O=C/C=C/c1cc(O)c2c(c1)C(CO)C(c1ccc(O)c(O)c1)O2. The third-order valence-electron chi connectivity index (χ3n) is 4.02. The molecule has 0 aliphatic carbocycles. The van der Waals surface area contributed by atoms with E-state index in [-0.39, 0.29) is 29.6 Å². The molecule has 1 heterocycles. The number of ether oxygens (including phenoxy) is 1. The summed E-state index contributed by atoms with van der Waals surface area (Å²) in [6, 6.07) is 7.47. The lowest BCUT2D eigenvalue weighted by Gasteiger charge is -2.18. The Hall–Kier alpha value is -2.99. The number of rotatable bonds is 4. The fourth-order valence-electron chi connectivity index (χ4n) is 2.89. The van der Waals surface area contributed by atoms with Gasteiger partial charge in [0.15, 0.2) is 23.0 Å². The second kappa shape index (κ2) is 6.25. The van der Waals surface area contributed by atoms with Gasteiger partial charge in [0.05, 0.1) is 12.5 Å². The minimum atomic E-state index is -0.618. The average Bonchev–Trinajstić information content (AvgIpc) is 2.94. The topological polar surface area (TPSA) is 107 Å². The number of aromatic hydroxyl groups is 3. The summed E-state index contributed by atoms with van der Waals surface area (Å²) in [5, 5.41) is 39.1. The molecular weight excluding hydrogens is 312 g/mol. The molecule has 0 spiro atoms. The molecule has 0 aromatic heterocycles. The van der Waals surface area contributed by atoms with E-state index < -0.39 is 12.0 Å². The van der Waals surface area contributed by atoms with Crippen LogP contribution >= 0.6 is 0 Å². The van der Waals surface area contributed by atoms with Crippen molar-refractivity contribution < 1.29 is 30.0 Å². The van der Waals surface area contributed by atoms with Crippen molar-refractivity contribution in [2.75, 3.05) is 6.61 Å². The minimum Gasteiger partial charge on any atom is -0.504 e. The van der Waals surface area contributed by atoms with E-state index in [1.165, 1.54) is 24.3 Å². The molecule has 1 aliphatic rings. The zero-order valence-electron chi connectivity index (χ0n) is 12.6. The summed E-state index contributed by atoms with van der Waals surface area (Å²) in [6.07, 6.45) is 2.86. The minimum absolute atomic E-state index is 0.0954. The Labute approximate surface area is 137 Å². The van der Waals surface area contributed by atoms with E-state index in [0.29, 0.717) is 23.0 Å². The van der Waals surface area contributed by atoms with Crippen molar-refractivity contribution in [3.8, 4) is 23.0 Å². The van der Waals surface area contributed by atoms with Gasteiger partial charge in [-0.1, -0.05) is 12.1 Å². The van der Waals surface area contributed by atoms with Crippen molar-refractivity contribution in [3.05, 3.63) is 53.1 Å². The lowest BCUT2D eigenvalue weighted by molar-refractivity contribution is -0.104. The van der Waals surface area contributed by atoms with Crippen molar-refractivity contribution in [2.45, 2.75) is 12.0 Å². The van der Waals surface area contributed by atoms with E-state index in [1.54, 1.807) is 18.2 Å². The van der Waals surface area contributed by atoms with Gasteiger partial charge in [-0.3, -0.25) is 4.79 Å². The van der Waals surface area contributed by atoms with E-state index in [9.17, 15) is 25.2 Å². The van der Waals surface area contributed by atoms with Gasteiger partial charge in [0.2, 0.25) is 0 Å². The number of aldehydes is 1. The molecule has 2 unspecified atom stereocenters. The first-order valence-corrected chi connectivity index (χ1v) is 7.33. The van der Waals surface area contributed by atoms with Crippen LogP contribution in [-0.4, -0.2) is 33.3 Å². The predicted octanol–water partition coefficient (Wildman–Crippen LogP) is 2.23. The highest BCUT2D eigenvalue weighted by Crippen LogP contribution is 2.51. The number of phenols is 3. The lowest BCUT2D eigenvalue weighted by atomic mass is 9.90. The van der Waals surface area contributed by atoms with Gasteiger partial charge >= 0.3 is 0 Å². The maximum Gasteiger partial charge on any atom is 0.165 e. The molecule has 24 heavy (non-hydrogen) atoms. The highest BCUT2D eigenvalue weighted by molar-refractivity contribution is 5.75. The molecule has 0 amide bonds. The molecule has 6 nitrogen and oxygen atoms in total. The summed E-state index contributed by atoms with van der Waals surface area (Å²) >= 11 is 0. The zero-order valence-corrected chi connectivity index (χ0v) is 12.6. The quantitative estimate of drug-likeness (QED) is 0.389. The number of fused-ring (bicyclic) bond motifs is 1. The van der Waals surface area contributed by atoms with E-state index >= 15 is 0 Å². The van der Waals surface area contributed by atoms with Gasteiger partial charge in [0.1, 0.15) is 12.4 Å². The smallest absolute Gasteiger partial charge is 0.165 e. The van der Waals surface area contributed by atoms with Crippen molar-refractivity contribution in [1.29, 1.82) is 0 Å². The van der Waals surface area contributed by atoms with Crippen LogP contribution in [0.15, 0.2) is 36.4 Å². The highest BCUT2D eigenvalue weighted by Gasteiger charge is 2.37. The molecule has 124 valence electrons. The third-order valence-corrected chi connectivity index (χ3v) is 4.02. The highest BCUT2D eigenvalue weighted by atomic mass is 16.5. The second-order valence-corrected chi connectivity index (χ2v) is 5.53. The molecule has 2 atom stereocenters. The van der Waals surface area contributed by atoms with Gasteiger partial charge in [0, 0.05) is 5.56 Å². The van der Waals surface area contributed by atoms with E-state index in [4.69, 9.17) is 4.74 Å². The predicted molar refractivity (Wildman–Crippen MR) is 86.2 cm³/mol. The van der Waals surface area contributed by atoms with E-state index in [1.807, 2.05) is 0 Å². The Bertz CT molecular complexity index is 811. The molecule has 0 fully saturated rings. The molecule has 6 heteroatoms. The van der Waals surface area contributed by atoms with Gasteiger partial charge in [-0.05, 0) is 41.5 Å². The lowest BCUT2D eigenvalue weighted by Crippen LogP contribution is -2.13. The van der Waals surface area contributed by atoms with Crippen LogP contribution < -0.4 is 4.74 Å². The van der Waals surface area contributed by atoms with E-state index in [0.717, 1.165) is 0 Å². The van der Waals surface area contributed by atoms with Crippen molar-refractivity contribution >= 4 is 12.4 Å². The zero-order chi connectivity index (χ0) is 17.3. The molecule has 0 saturated carbocycles. The maximum absolute atomic E-state index is 10.5. The Morgan fingerprint density at radius 1 is 1.04 bits per heavy atom. The molecule has 2 aromatic rings. The van der Waals surface area contributed by atoms with Crippen LogP contribution in [0.5, 0.6) is 23.0 Å². The molecule has 3 rings (SSSR count). The molecule has 0 saturated heterocycles. The van der Waals surface area contributed by atoms with Crippen LogP contribution in [0, 0.1) is 0 Å². The molecule has 0 bridgehead atoms. The second-order valence-electron chi connectivity index (χ2n) is 5.53. The normalized spacial score (nSPS) is 19.2. The molecule has 1 aliphatic heterocycles. The monoisotopic (exact) mass is 328 g/mol.